The molecule has 2 aromatic rings. The van der Waals surface area contributed by atoms with Crippen molar-refractivity contribution in [2.75, 3.05) is 13.1 Å². The van der Waals surface area contributed by atoms with Crippen LogP contribution in [0.3, 0.4) is 0 Å². The first-order chi connectivity index (χ1) is 11.2. The van der Waals surface area contributed by atoms with Crippen molar-refractivity contribution in [1.29, 1.82) is 0 Å². The highest BCUT2D eigenvalue weighted by Crippen LogP contribution is 2.27. The molecule has 0 saturated heterocycles. The molecule has 0 bridgehead atoms. The zero-order chi connectivity index (χ0) is 17.9. The van der Waals surface area contributed by atoms with Crippen molar-refractivity contribution >= 4 is 21.4 Å². The fourth-order valence-corrected chi connectivity index (χ4v) is 5.39. The van der Waals surface area contributed by atoms with Gasteiger partial charge in [-0.2, -0.15) is 4.31 Å². The van der Waals surface area contributed by atoms with Crippen LogP contribution in [-0.2, 0) is 10.0 Å². The van der Waals surface area contributed by atoms with Crippen molar-refractivity contribution in [2.45, 2.75) is 31.1 Å². The zero-order valence-corrected chi connectivity index (χ0v) is 15.6. The minimum atomic E-state index is -3.67. The molecular formula is C17H22FNO3S2. The molecule has 1 N–H and O–H groups in total. The molecule has 1 heterocycles. The first-order valence-electron chi connectivity index (χ1n) is 7.70. The lowest BCUT2D eigenvalue weighted by Gasteiger charge is -2.26. The third-order valence-electron chi connectivity index (χ3n) is 3.51. The van der Waals surface area contributed by atoms with Gasteiger partial charge >= 0.3 is 0 Å². The molecule has 1 atom stereocenters. The molecule has 0 spiro atoms. The van der Waals surface area contributed by atoms with E-state index < -0.39 is 21.9 Å². The average Bonchev–Trinajstić information content (AvgIpc) is 2.94. The largest absolute Gasteiger partial charge is 0.387 e. The van der Waals surface area contributed by atoms with E-state index in [2.05, 4.69) is 0 Å². The van der Waals surface area contributed by atoms with Crippen molar-refractivity contribution in [3.8, 4) is 0 Å². The summed E-state index contributed by atoms with van der Waals surface area (Å²) < 4.78 is 40.3. The predicted octanol–water partition coefficient (Wildman–Crippen LogP) is 3.58. The second-order valence-electron chi connectivity index (χ2n) is 6.15. The molecule has 132 valence electrons. The molecule has 0 fully saturated rings. The number of nitrogens with zero attached hydrogens (tertiary/aromatic N) is 1. The van der Waals surface area contributed by atoms with Crippen LogP contribution in [0.5, 0.6) is 0 Å². The molecule has 2 rings (SSSR count). The van der Waals surface area contributed by atoms with Crippen LogP contribution in [0, 0.1) is 18.7 Å². The van der Waals surface area contributed by atoms with Crippen LogP contribution in [0.4, 0.5) is 4.39 Å². The Kier molecular flexibility index (Phi) is 6.14. The lowest BCUT2D eigenvalue weighted by Crippen LogP contribution is -2.37. The summed E-state index contributed by atoms with van der Waals surface area (Å²) in [4.78, 5) is 0.914. The molecular weight excluding hydrogens is 349 g/mol. The Bertz CT molecular complexity index is 769. The Morgan fingerprint density at radius 1 is 1.12 bits per heavy atom. The van der Waals surface area contributed by atoms with Crippen LogP contribution < -0.4 is 0 Å². The minimum absolute atomic E-state index is 0.0664. The van der Waals surface area contributed by atoms with E-state index in [1.807, 2.05) is 20.8 Å². The SMILES string of the molecule is Cc1ccc(S(=O)(=O)N(CC(C)C)C[C@@H](O)c2ccc(F)cc2)s1. The quantitative estimate of drug-likeness (QED) is 0.809. The maximum Gasteiger partial charge on any atom is 0.252 e. The summed E-state index contributed by atoms with van der Waals surface area (Å²) >= 11 is 1.21. The van der Waals surface area contributed by atoms with E-state index in [0.29, 0.717) is 12.1 Å². The lowest BCUT2D eigenvalue weighted by molar-refractivity contribution is 0.143. The van der Waals surface area contributed by atoms with Gasteiger partial charge in [-0.15, -0.1) is 11.3 Å². The van der Waals surface area contributed by atoms with Crippen molar-refractivity contribution < 1.29 is 17.9 Å². The van der Waals surface area contributed by atoms with Crippen LogP contribution in [-0.4, -0.2) is 30.9 Å². The number of aliphatic hydroxyl groups is 1. The summed E-state index contributed by atoms with van der Waals surface area (Å²) in [6.45, 7) is 5.93. The van der Waals surface area contributed by atoms with Crippen molar-refractivity contribution in [1.82, 2.24) is 4.31 Å². The van der Waals surface area contributed by atoms with Gasteiger partial charge < -0.3 is 5.11 Å². The van der Waals surface area contributed by atoms with Gasteiger partial charge in [0.25, 0.3) is 10.0 Å². The molecule has 4 nitrogen and oxygen atoms in total. The van der Waals surface area contributed by atoms with E-state index in [1.165, 1.54) is 39.9 Å². The average molecular weight is 371 g/mol. The lowest BCUT2D eigenvalue weighted by atomic mass is 10.1. The molecule has 7 heteroatoms. The fourth-order valence-electron chi connectivity index (χ4n) is 2.34. The van der Waals surface area contributed by atoms with Gasteiger partial charge in [-0.3, -0.25) is 0 Å². The molecule has 1 aromatic heterocycles. The monoisotopic (exact) mass is 371 g/mol. The standard InChI is InChI=1S/C17H22FNO3S2/c1-12(2)10-19(24(21,22)17-9-4-13(3)23-17)11-16(20)14-5-7-15(18)8-6-14/h4-9,12,16,20H,10-11H2,1-3H3/t16-/m1/s1. The second kappa shape index (κ2) is 7.74. The number of sulfonamides is 1. The number of hydrogen-bond donors (Lipinski definition) is 1. The highest BCUT2D eigenvalue weighted by atomic mass is 32.2. The third-order valence-corrected chi connectivity index (χ3v) is 6.81. The summed E-state index contributed by atoms with van der Waals surface area (Å²) in [6.07, 6.45) is -1.01. The van der Waals surface area contributed by atoms with E-state index in [4.69, 9.17) is 0 Å². The van der Waals surface area contributed by atoms with Gasteiger partial charge in [0.15, 0.2) is 0 Å². The summed E-state index contributed by atoms with van der Waals surface area (Å²) in [5, 5.41) is 10.4. The Hall–Kier alpha value is -1.28. The number of aliphatic hydroxyl groups excluding tert-OH is 1. The topological polar surface area (TPSA) is 57.6 Å². The fraction of sp³-hybridized carbons (Fsp3) is 0.412. The van der Waals surface area contributed by atoms with Gasteiger partial charge in [-0.05, 0) is 42.7 Å². The highest BCUT2D eigenvalue weighted by Gasteiger charge is 2.29. The number of halogens is 1. The van der Waals surface area contributed by atoms with E-state index >= 15 is 0 Å². The Balaban J connectivity index is 2.26. The maximum atomic E-state index is 13.0. The van der Waals surface area contributed by atoms with Gasteiger partial charge in [-0.25, -0.2) is 12.8 Å². The van der Waals surface area contributed by atoms with E-state index in [0.717, 1.165) is 4.88 Å². The predicted molar refractivity (Wildman–Crippen MR) is 94.0 cm³/mol. The number of thiophene rings is 1. The molecule has 0 aliphatic rings. The van der Waals surface area contributed by atoms with Crippen LogP contribution in [0.2, 0.25) is 0 Å². The third kappa shape index (κ3) is 4.63. The molecule has 0 saturated carbocycles. The minimum Gasteiger partial charge on any atom is -0.387 e. The van der Waals surface area contributed by atoms with E-state index in [-0.39, 0.29) is 16.7 Å². The van der Waals surface area contributed by atoms with Gasteiger partial charge in [0.1, 0.15) is 10.0 Å². The molecule has 0 aliphatic heterocycles. The van der Waals surface area contributed by atoms with Crippen LogP contribution in [0.1, 0.15) is 30.4 Å². The molecule has 0 radical (unpaired) electrons. The normalized spacial score (nSPS) is 13.6. The Labute approximate surface area is 146 Å². The number of benzene rings is 1. The van der Waals surface area contributed by atoms with Crippen LogP contribution >= 0.6 is 11.3 Å². The summed E-state index contributed by atoms with van der Waals surface area (Å²) in [5.41, 5.74) is 0.489. The van der Waals surface area contributed by atoms with Crippen molar-refractivity contribution in [2.24, 2.45) is 5.92 Å². The Morgan fingerprint density at radius 3 is 2.25 bits per heavy atom. The molecule has 0 unspecified atom stereocenters. The molecule has 0 aliphatic carbocycles. The van der Waals surface area contributed by atoms with Crippen molar-refractivity contribution in [3.05, 3.63) is 52.7 Å². The van der Waals surface area contributed by atoms with Gasteiger partial charge in [0.2, 0.25) is 0 Å². The first-order valence-corrected chi connectivity index (χ1v) is 9.96. The number of rotatable bonds is 7. The smallest absolute Gasteiger partial charge is 0.252 e. The maximum absolute atomic E-state index is 13.0. The van der Waals surface area contributed by atoms with Crippen LogP contribution in [0.25, 0.3) is 0 Å². The molecule has 1 aromatic carbocycles. The van der Waals surface area contributed by atoms with Crippen LogP contribution in [0.15, 0.2) is 40.6 Å². The zero-order valence-electron chi connectivity index (χ0n) is 13.9. The second-order valence-corrected chi connectivity index (χ2v) is 9.60. The van der Waals surface area contributed by atoms with E-state index in [9.17, 15) is 17.9 Å². The molecule has 0 amide bonds. The summed E-state index contributed by atoms with van der Waals surface area (Å²) in [5.74, 6) is -0.284. The molecule has 24 heavy (non-hydrogen) atoms. The number of hydrogen-bond acceptors (Lipinski definition) is 4. The van der Waals surface area contributed by atoms with Gasteiger partial charge in [0.05, 0.1) is 6.10 Å². The van der Waals surface area contributed by atoms with Gasteiger partial charge in [-0.1, -0.05) is 26.0 Å². The number of aryl methyl sites for hydroxylation is 1. The summed E-state index contributed by atoms with van der Waals surface area (Å²) in [6, 6.07) is 8.80. The van der Waals surface area contributed by atoms with Gasteiger partial charge in [0, 0.05) is 18.0 Å². The first kappa shape index (κ1) is 19.1. The van der Waals surface area contributed by atoms with E-state index in [1.54, 1.807) is 12.1 Å². The highest BCUT2D eigenvalue weighted by molar-refractivity contribution is 7.91. The van der Waals surface area contributed by atoms with Crippen molar-refractivity contribution in [3.63, 3.8) is 0 Å². The Morgan fingerprint density at radius 2 is 1.75 bits per heavy atom. The summed E-state index contributed by atoms with van der Waals surface area (Å²) in [7, 11) is -3.67.